The summed E-state index contributed by atoms with van der Waals surface area (Å²) >= 11 is 1.56. The Kier molecular flexibility index (Phi) is 3.11. The van der Waals surface area contributed by atoms with E-state index in [2.05, 4.69) is 0 Å². The molecule has 1 heterocycles. The second-order valence-electron chi connectivity index (χ2n) is 3.39. The molecule has 1 aliphatic rings. The molecule has 3 heteroatoms. The Morgan fingerprint density at radius 3 is 2.73 bits per heavy atom. The van der Waals surface area contributed by atoms with Crippen LogP contribution in [0.2, 0.25) is 0 Å². The minimum Gasteiger partial charge on any atom is -0.431 e. The van der Waals surface area contributed by atoms with Crippen molar-refractivity contribution in [2.75, 3.05) is 0 Å². The lowest BCUT2D eigenvalue weighted by atomic mass is 10.2. The molecule has 1 aromatic rings. The average molecular weight is 220 g/mol. The fourth-order valence-corrected chi connectivity index (χ4v) is 2.37. The standard InChI is InChI=1S/C12H12O2S/c1-9-7-8-11(12(13)14-9)15-10-5-3-2-4-6-10/h2-7,11H,8H2,1H3. The summed E-state index contributed by atoms with van der Waals surface area (Å²) in [5.74, 6) is 0.578. The van der Waals surface area contributed by atoms with E-state index in [0.717, 1.165) is 11.3 Å². The monoisotopic (exact) mass is 220 g/mol. The molecule has 0 saturated carbocycles. The molecule has 1 aromatic carbocycles. The van der Waals surface area contributed by atoms with E-state index in [4.69, 9.17) is 4.74 Å². The second-order valence-corrected chi connectivity index (χ2v) is 4.67. The van der Waals surface area contributed by atoms with Gasteiger partial charge in [-0.25, -0.2) is 0 Å². The molecule has 78 valence electrons. The molecule has 2 nitrogen and oxygen atoms in total. The number of rotatable bonds is 2. The van der Waals surface area contributed by atoms with Gasteiger partial charge in [0, 0.05) is 4.90 Å². The molecule has 0 radical (unpaired) electrons. The first-order chi connectivity index (χ1) is 7.25. The zero-order valence-electron chi connectivity index (χ0n) is 8.47. The Morgan fingerprint density at radius 2 is 2.07 bits per heavy atom. The van der Waals surface area contributed by atoms with Crippen LogP contribution in [0.4, 0.5) is 0 Å². The molecule has 2 rings (SSSR count). The van der Waals surface area contributed by atoms with Gasteiger partial charge >= 0.3 is 5.97 Å². The first kappa shape index (κ1) is 10.3. The molecule has 1 aliphatic heterocycles. The van der Waals surface area contributed by atoms with Gasteiger partial charge in [0.15, 0.2) is 0 Å². The molecule has 0 saturated heterocycles. The van der Waals surface area contributed by atoms with Gasteiger partial charge in [-0.1, -0.05) is 18.2 Å². The molecule has 0 bridgehead atoms. The van der Waals surface area contributed by atoms with Crippen molar-refractivity contribution in [2.24, 2.45) is 0 Å². The molecule has 15 heavy (non-hydrogen) atoms. The van der Waals surface area contributed by atoms with Gasteiger partial charge in [0.25, 0.3) is 0 Å². The molecule has 0 amide bonds. The Balaban J connectivity index is 2.05. The van der Waals surface area contributed by atoms with Crippen molar-refractivity contribution in [2.45, 2.75) is 23.5 Å². The Morgan fingerprint density at radius 1 is 1.33 bits per heavy atom. The number of cyclic esters (lactones) is 1. The minimum atomic E-state index is -0.135. The van der Waals surface area contributed by atoms with Gasteiger partial charge in [-0.2, -0.15) is 0 Å². The summed E-state index contributed by atoms with van der Waals surface area (Å²) in [7, 11) is 0. The first-order valence-electron chi connectivity index (χ1n) is 4.86. The third-order valence-electron chi connectivity index (χ3n) is 2.17. The van der Waals surface area contributed by atoms with Crippen LogP contribution in [0.15, 0.2) is 47.1 Å². The molecule has 1 unspecified atom stereocenters. The van der Waals surface area contributed by atoms with Gasteiger partial charge < -0.3 is 4.74 Å². The van der Waals surface area contributed by atoms with Gasteiger partial charge in [0.05, 0.1) is 0 Å². The van der Waals surface area contributed by atoms with E-state index in [1.807, 2.05) is 36.4 Å². The zero-order chi connectivity index (χ0) is 10.7. The highest BCUT2D eigenvalue weighted by Crippen LogP contribution is 2.29. The SMILES string of the molecule is CC1=CCC(Sc2ccccc2)C(=O)O1. The predicted molar refractivity (Wildman–Crippen MR) is 60.6 cm³/mol. The van der Waals surface area contributed by atoms with Crippen molar-refractivity contribution in [1.82, 2.24) is 0 Å². The lowest BCUT2D eigenvalue weighted by Crippen LogP contribution is -2.22. The highest BCUT2D eigenvalue weighted by atomic mass is 32.2. The number of esters is 1. The summed E-state index contributed by atoms with van der Waals surface area (Å²) in [6.45, 7) is 1.81. The van der Waals surface area contributed by atoms with Crippen molar-refractivity contribution >= 4 is 17.7 Å². The third kappa shape index (κ3) is 2.63. The summed E-state index contributed by atoms with van der Waals surface area (Å²) in [5, 5.41) is -0.101. The number of ether oxygens (including phenoxy) is 1. The van der Waals surface area contributed by atoms with Crippen LogP contribution in [0.25, 0.3) is 0 Å². The number of carbonyl (C=O) groups is 1. The summed E-state index contributed by atoms with van der Waals surface area (Å²) in [4.78, 5) is 12.6. The lowest BCUT2D eigenvalue weighted by molar-refractivity contribution is -0.139. The van der Waals surface area contributed by atoms with Crippen LogP contribution in [0, 0.1) is 0 Å². The fourth-order valence-electron chi connectivity index (χ4n) is 1.39. The van der Waals surface area contributed by atoms with E-state index in [1.54, 1.807) is 18.7 Å². The molecule has 0 aliphatic carbocycles. The van der Waals surface area contributed by atoms with E-state index < -0.39 is 0 Å². The maximum absolute atomic E-state index is 11.5. The Bertz CT molecular complexity index is 384. The van der Waals surface area contributed by atoms with E-state index in [0.29, 0.717) is 5.76 Å². The molecular formula is C12H12O2S. The van der Waals surface area contributed by atoms with Crippen LogP contribution in [0.1, 0.15) is 13.3 Å². The Hall–Kier alpha value is -1.22. The largest absolute Gasteiger partial charge is 0.431 e. The van der Waals surface area contributed by atoms with Gasteiger partial charge in [-0.3, -0.25) is 4.79 Å². The minimum absolute atomic E-state index is 0.101. The zero-order valence-corrected chi connectivity index (χ0v) is 9.29. The molecule has 0 fully saturated rings. The van der Waals surface area contributed by atoms with Crippen LogP contribution < -0.4 is 0 Å². The number of benzene rings is 1. The van der Waals surface area contributed by atoms with Crippen LogP contribution in [0.5, 0.6) is 0 Å². The molecular weight excluding hydrogens is 208 g/mol. The summed E-state index contributed by atoms with van der Waals surface area (Å²) in [6, 6.07) is 9.91. The van der Waals surface area contributed by atoms with Gasteiger partial charge in [0.1, 0.15) is 11.0 Å². The molecule has 0 N–H and O–H groups in total. The average Bonchev–Trinajstić information content (AvgIpc) is 2.24. The van der Waals surface area contributed by atoms with Crippen molar-refractivity contribution in [3.63, 3.8) is 0 Å². The third-order valence-corrected chi connectivity index (χ3v) is 3.38. The smallest absolute Gasteiger partial charge is 0.324 e. The highest BCUT2D eigenvalue weighted by molar-refractivity contribution is 8.00. The maximum atomic E-state index is 11.5. The topological polar surface area (TPSA) is 26.3 Å². The van der Waals surface area contributed by atoms with Crippen molar-refractivity contribution in [3.8, 4) is 0 Å². The molecule has 0 spiro atoms. The number of hydrogen-bond acceptors (Lipinski definition) is 3. The number of hydrogen-bond donors (Lipinski definition) is 0. The first-order valence-corrected chi connectivity index (χ1v) is 5.74. The Labute approximate surface area is 93.3 Å². The summed E-state index contributed by atoms with van der Waals surface area (Å²) in [6.07, 6.45) is 2.71. The highest BCUT2D eigenvalue weighted by Gasteiger charge is 2.24. The van der Waals surface area contributed by atoms with Crippen LogP contribution >= 0.6 is 11.8 Å². The molecule has 0 aromatic heterocycles. The van der Waals surface area contributed by atoms with Crippen molar-refractivity contribution in [1.29, 1.82) is 0 Å². The van der Waals surface area contributed by atoms with E-state index in [-0.39, 0.29) is 11.2 Å². The van der Waals surface area contributed by atoms with Crippen molar-refractivity contribution < 1.29 is 9.53 Å². The predicted octanol–water partition coefficient (Wildman–Crippen LogP) is 3.00. The quantitative estimate of drug-likeness (QED) is 0.717. The number of carbonyl (C=O) groups excluding carboxylic acids is 1. The molecule has 1 atom stereocenters. The van der Waals surface area contributed by atoms with Crippen molar-refractivity contribution in [3.05, 3.63) is 42.2 Å². The maximum Gasteiger partial charge on any atom is 0.324 e. The van der Waals surface area contributed by atoms with Gasteiger partial charge in [-0.15, -0.1) is 11.8 Å². The van der Waals surface area contributed by atoms with Crippen LogP contribution in [0.3, 0.4) is 0 Å². The van der Waals surface area contributed by atoms with E-state index in [1.165, 1.54) is 0 Å². The summed E-state index contributed by atoms with van der Waals surface area (Å²) < 4.78 is 5.07. The van der Waals surface area contributed by atoms with Gasteiger partial charge in [-0.05, 0) is 31.6 Å². The normalized spacial score (nSPS) is 20.7. The fraction of sp³-hybridized carbons (Fsp3) is 0.250. The second kappa shape index (κ2) is 4.53. The number of allylic oxidation sites excluding steroid dienone is 2. The van der Waals surface area contributed by atoms with E-state index in [9.17, 15) is 4.79 Å². The van der Waals surface area contributed by atoms with Crippen LogP contribution in [-0.2, 0) is 9.53 Å². The summed E-state index contributed by atoms with van der Waals surface area (Å²) in [5.41, 5.74) is 0. The van der Waals surface area contributed by atoms with Crippen LogP contribution in [-0.4, -0.2) is 11.2 Å². The van der Waals surface area contributed by atoms with Gasteiger partial charge in [0.2, 0.25) is 0 Å². The number of thioether (sulfide) groups is 1. The van der Waals surface area contributed by atoms with E-state index >= 15 is 0 Å². The lowest BCUT2D eigenvalue weighted by Gasteiger charge is -2.18.